The molecule has 8 nitrogen and oxygen atoms in total. The van der Waals surface area contributed by atoms with Crippen LogP contribution in [0.15, 0.2) is 0 Å². The summed E-state index contributed by atoms with van der Waals surface area (Å²) in [6.45, 7) is 10.2. The zero-order valence-electron chi connectivity index (χ0n) is 14.7. The quantitative estimate of drug-likeness (QED) is 0.667. The van der Waals surface area contributed by atoms with E-state index in [2.05, 4.69) is 16.7 Å². The van der Waals surface area contributed by atoms with Crippen LogP contribution in [0, 0.1) is 5.92 Å². The van der Waals surface area contributed by atoms with E-state index in [-0.39, 0.29) is 11.8 Å². The third-order valence-electron chi connectivity index (χ3n) is 4.99. The van der Waals surface area contributed by atoms with Gasteiger partial charge in [0.15, 0.2) is 0 Å². The summed E-state index contributed by atoms with van der Waals surface area (Å²) in [4.78, 5) is 43.7. The molecule has 3 amide bonds. The molecule has 136 valence electrons. The fourth-order valence-electron chi connectivity index (χ4n) is 3.26. The highest BCUT2D eigenvalue weighted by atomic mass is 16.2. The van der Waals surface area contributed by atoms with Gasteiger partial charge in [-0.3, -0.25) is 19.3 Å². The van der Waals surface area contributed by atoms with Crippen molar-refractivity contribution >= 4 is 17.7 Å². The average molecular weight is 339 g/mol. The molecule has 2 aliphatic rings. The summed E-state index contributed by atoms with van der Waals surface area (Å²) in [7, 11) is 0. The van der Waals surface area contributed by atoms with Crippen LogP contribution in [0.2, 0.25) is 0 Å². The first-order chi connectivity index (χ1) is 11.4. The predicted molar refractivity (Wildman–Crippen MR) is 90.1 cm³/mol. The zero-order chi connectivity index (χ0) is 17.7. The lowest BCUT2D eigenvalue weighted by atomic mass is 10.1. The van der Waals surface area contributed by atoms with Gasteiger partial charge in [0.25, 0.3) is 0 Å². The molecule has 0 aromatic rings. The molecule has 0 radical (unpaired) electrons. The lowest BCUT2D eigenvalue weighted by Crippen LogP contribution is -2.50. The summed E-state index contributed by atoms with van der Waals surface area (Å²) in [5.41, 5.74) is 5.45. The van der Waals surface area contributed by atoms with Crippen LogP contribution >= 0.6 is 0 Å². The molecule has 2 aliphatic heterocycles. The van der Waals surface area contributed by atoms with Crippen molar-refractivity contribution in [3.05, 3.63) is 0 Å². The van der Waals surface area contributed by atoms with Gasteiger partial charge in [-0.15, -0.1) is 0 Å². The van der Waals surface area contributed by atoms with Crippen LogP contribution in [0.1, 0.15) is 13.8 Å². The Bertz CT molecular complexity index is 476. The third kappa shape index (κ3) is 4.91. The Morgan fingerprint density at radius 3 is 2.00 bits per heavy atom. The van der Waals surface area contributed by atoms with Crippen molar-refractivity contribution in [2.75, 3.05) is 65.4 Å². The van der Waals surface area contributed by atoms with Crippen LogP contribution in [0.4, 0.5) is 0 Å². The molecule has 0 saturated carbocycles. The Hall–Kier alpha value is -1.67. The SMILES string of the molecule is CCN1CCN(CC(=O)N2CCN(C(C)=O)C[C@@H](C(N)=O)C2)CC1. The number of hydrogen-bond donors (Lipinski definition) is 1. The number of nitrogens with zero attached hydrogens (tertiary/aromatic N) is 4. The van der Waals surface area contributed by atoms with Crippen molar-refractivity contribution in [3.8, 4) is 0 Å². The molecular weight excluding hydrogens is 310 g/mol. The molecule has 0 aromatic carbocycles. The number of carbonyl (C=O) groups excluding carboxylic acids is 3. The maximum absolute atomic E-state index is 12.6. The number of likely N-dealkylation sites (N-methyl/N-ethyl adjacent to an activating group) is 1. The van der Waals surface area contributed by atoms with E-state index >= 15 is 0 Å². The number of piperazine rings is 1. The lowest BCUT2D eigenvalue weighted by Gasteiger charge is -2.34. The Morgan fingerprint density at radius 1 is 0.917 bits per heavy atom. The van der Waals surface area contributed by atoms with Crippen LogP contribution < -0.4 is 5.73 Å². The highest BCUT2D eigenvalue weighted by Gasteiger charge is 2.30. The van der Waals surface area contributed by atoms with E-state index in [4.69, 9.17) is 5.73 Å². The van der Waals surface area contributed by atoms with Gasteiger partial charge in [-0.1, -0.05) is 6.92 Å². The first kappa shape index (κ1) is 18.7. The standard InChI is InChI=1S/C16H29N5O3/c1-3-18-4-6-19(7-5-18)12-15(23)21-9-8-20(13(2)22)10-14(11-21)16(17)24/h14H,3-12H2,1-2H3,(H2,17,24)/t14-/m1/s1. The number of rotatable bonds is 4. The maximum atomic E-state index is 12.6. The predicted octanol–water partition coefficient (Wildman–Crippen LogP) is -1.58. The van der Waals surface area contributed by atoms with Crippen molar-refractivity contribution in [2.24, 2.45) is 11.7 Å². The third-order valence-corrected chi connectivity index (χ3v) is 4.99. The summed E-state index contributed by atoms with van der Waals surface area (Å²) in [5, 5.41) is 0. The van der Waals surface area contributed by atoms with Gasteiger partial charge < -0.3 is 20.4 Å². The van der Waals surface area contributed by atoms with Gasteiger partial charge in [0.05, 0.1) is 12.5 Å². The van der Waals surface area contributed by atoms with E-state index in [0.717, 1.165) is 32.7 Å². The van der Waals surface area contributed by atoms with Crippen molar-refractivity contribution < 1.29 is 14.4 Å². The number of hydrogen-bond acceptors (Lipinski definition) is 5. The summed E-state index contributed by atoms with van der Waals surface area (Å²) < 4.78 is 0. The molecule has 0 aromatic heterocycles. The second kappa shape index (κ2) is 8.43. The van der Waals surface area contributed by atoms with Gasteiger partial charge in [-0.25, -0.2) is 0 Å². The van der Waals surface area contributed by atoms with Crippen LogP contribution in [0.25, 0.3) is 0 Å². The summed E-state index contributed by atoms with van der Waals surface area (Å²) in [5.74, 6) is -1.04. The molecular formula is C16H29N5O3. The maximum Gasteiger partial charge on any atom is 0.236 e. The van der Waals surface area contributed by atoms with Gasteiger partial charge in [-0.05, 0) is 6.54 Å². The monoisotopic (exact) mass is 339 g/mol. The summed E-state index contributed by atoms with van der Waals surface area (Å²) >= 11 is 0. The van der Waals surface area contributed by atoms with Crippen molar-refractivity contribution in [1.82, 2.24) is 19.6 Å². The Morgan fingerprint density at radius 2 is 1.46 bits per heavy atom. The average Bonchev–Trinajstić information content (AvgIpc) is 2.79. The smallest absolute Gasteiger partial charge is 0.236 e. The van der Waals surface area contributed by atoms with Crippen LogP contribution in [-0.4, -0.2) is 103 Å². The molecule has 0 spiro atoms. The van der Waals surface area contributed by atoms with E-state index in [0.29, 0.717) is 32.7 Å². The highest BCUT2D eigenvalue weighted by Crippen LogP contribution is 2.11. The Balaban J connectivity index is 1.93. The number of primary amides is 1. The molecule has 2 saturated heterocycles. The van der Waals surface area contributed by atoms with Gasteiger partial charge in [0.1, 0.15) is 0 Å². The van der Waals surface area contributed by atoms with Gasteiger partial charge >= 0.3 is 0 Å². The molecule has 2 heterocycles. The fourth-order valence-corrected chi connectivity index (χ4v) is 3.26. The number of amides is 3. The van der Waals surface area contributed by atoms with Crippen LogP contribution in [-0.2, 0) is 14.4 Å². The van der Waals surface area contributed by atoms with Crippen molar-refractivity contribution in [1.29, 1.82) is 0 Å². The topological polar surface area (TPSA) is 90.2 Å². The number of carbonyl (C=O) groups is 3. The Labute approximate surface area is 143 Å². The van der Waals surface area contributed by atoms with Crippen LogP contribution in [0.5, 0.6) is 0 Å². The van der Waals surface area contributed by atoms with Gasteiger partial charge in [0.2, 0.25) is 17.7 Å². The first-order valence-electron chi connectivity index (χ1n) is 8.68. The summed E-state index contributed by atoms with van der Waals surface area (Å²) in [6, 6.07) is 0. The van der Waals surface area contributed by atoms with E-state index in [9.17, 15) is 14.4 Å². The highest BCUT2D eigenvalue weighted by molar-refractivity contribution is 5.82. The van der Waals surface area contributed by atoms with E-state index in [1.165, 1.54) is 6.92 Å². The Kier molecular flexibility index (Phi) is 6.56. The van der Waals surface area contributed by atoms with Crippen LogP contribution in [0.3, 0.4) is 0 Å². The largest absolute Gasteiger partial charge is 0.369 e. The van der Waals surface area contributed by atoms with Gasteiger partial charge in [0, 0.05) is 59.3 Å². The second-order valence-electron chi connectivity index (χ2n) is 6.61. The molecule has 2 N–H and O–H groups in total. The molecule has 8 heteroatoms. The molecule has 1 atom stereocenters. The molecule has 0 aliphatic carbocycles. The summed E-state index contributed by atoms with van der Waals surface area (Å²) in [6.07, 6.45) is 0. The second-order valence-corrected chi connectivity index (χ2v) is 6.61. The number of nitrogens with two attached hydrogens (primary N) is 1. The molecule has 2 rings (SSSR count). The zero-order valence-corrected chi connectivity index (χ0v) is 14.7. The normalized spacial score (nSPS) is 23.8. The molecule has 0 bridgehead atoms. The molecule has 0 unspecified atom stereocenters. The van der Waals surface area contributed by atoms with Crippen molar-refractivity contribution in [3.63, 3.8) is 0 Å². The fraction of sp³-hybridized carbons (Fsp3) is 0.812. The van der Waals surface area contributed by atoms with E-state index < -0.39 is 11.8 Å². The first-order valence-corrected chi connectivity index (χ1v) is 8.68. The minimum absolute atomic E-state index is 0.0107. The molecule has 24 heavy (non-hydrogen) atoms. The van der Waals surface area contributed by atoms with Gasteiger partial charge in [-0.2, -0.15) is 0 Å². The van der Waals surface area contributed by atoms with Crippen molar-refractivity contribution in [2.45, 2.75) is 13.8 Å². The molecule has 2 fully saturated rings. The van der Waals surface area contributed by atoms with E-state index in [1.54, 1.807) is 9.80 Å². The van der Waals surface area contributed by atoms with E-state index in [1.807, 2.05) is 0 Å². The minimum Gasteiger partial charge on any atom is -0.369 e. The minimum atomic E-state index is -0.503. The lowest BCUT2D eigenvalue weighted by molar-refractivity contribution is -0.134.